The number of carbonyl (C=O) groups excluding carboxylic acids is 1. The molecule has 1 aliphatic rings. The maximum Gasteiger partial charge on any atom is 0.271 e. The number of carbonyl (C=O) groups is 1. The number of nitrogens with two attached hydrogens (primary N) is 1. The van der Waals surface area contributed by atoms with Gasteiger partial charge in [-0.1, -0.05) is 18.0 Å². The van der Waals surface area contributed by atoms with Gasteiger partial charge in [-0.3, -0.25) is 14.9 Å². The first-order valence-electron chi connectivity index (χ1n) is 5.94. The van der Waals surface area contributed by atoms with Gasteiger partial charge < -0.3 is 11.1 Å². The number of benzene rings is 1. The molecule has 0 aliphatic heterocycles. The van der Waals surface area contributed by atoms with Crippen LogP contribution in [0.4, 0.5) is 11.4 Å². The molecule has 0 atom stereocenters. The molecular weight excluding hydrogens is 270 g/mol. The second kappa shape index (κ2) is 5.14. The number of nitrogens with one attached hydrogen (secondary N) is 1. The maximum absolute atomic E-state index is 12.1. The van der Waals surface area contributed by atoms with Crippen molar-refractivity contribution in [2.24, 2.45) is 11.1 Å². The topological polar surface area (TPSA) is 98.3 Å². The molecule has 7 heteroatoms. The van der Waals surface area contributed by atoms with Crippen LogP contribution in [0.5, 0.6) is 0 Å². The van der Waals surface area contributed by atoms with Crippen LogP contribution in [0.1, 0.15) is 19.3 Å². The SMILES string of the molecule is NCC1(C(=O)Nc2ccc([N+](=O)[O-])cc2Cl)CCC1. The normalized spacial score (nSPS) is 16.5. The number of non-ortho nitro benzene ring substituents is 1. The van der Waals surface area contributed by atoms with Crippen molar-refractivity contribution >= 4 is 28.9 Å². The van der Waals surface area contributed by atoms with Crippen molar-refractivity contribution in [2.75, 3.05) is 11.9 Å². The summed E-state index contributed by atoms with van der Waals surface area (Å²) in [7, 11) is 0. The molecule has 6 nitrogen and oxygen atoms in total. The minimum Gasteiger partial charge on any atom is -0.329 e. The Kier molecular flexibility index (Phi) is 3.73. The fourth-order valence-electron chi connectivity index (χ4n) is 2.10. The Bertz CT molecular complexity index is 523. The van der Waals surface area contributed by atoms with E-state index in [1.54, 1.807) is 0 Å². The lowest BCUT2D eigenvalue weighted by Crippen LogP contribution is -2.47. The van der Waals surface area contributed by atoms with Gasteiger partial charge in [0.15, 0.2) is 0 Å². The van der Waals surface area contributed by atoms with Crippen LogP contribution in [0.3, 0.4) is 0 Å². The van der Waals surface area contributed by atoms with Crippen LogP contribution in [0, 0.1) is 15.5 Å². The van der Waals surface area contributed by atoms with Gasteiger partial charge in [-0.05, 0) is 18.9 Å². The first kappa shape index (κ1) is 13.8. The van der Waals surface area contributed by atoms with Crippen LogP contribution in [0.25, 0.3) is 0 Å². The summed E-state index contributed by atoms with van der Waals surface area (Å²) in [5.74, 6) is -0.169. The van der Waals surface area contributed by atoms with Crippen molar-refractivity contribution in [1.82, 2.24) is 0 Å². The molecule has 1 saturated carbocycles. The lowest BCUT2D eigenvalue weighted by molar-refractivity contribution is -0.384. The molecule has 0 bridgehead atoms. The molecule has 3 N–H and O–H groups in total. The molecule has 2 rings (SSSR count). The summed E-state index contributed by atoms with van der Waals surface area (Å²) in [6, 6.07) is 3.95. The molecule has 102 valence electrons. The van der Waals surface area contributed by atoms with Crippen molar-refractivity contribution in [2.45, 2.75) is 19.3 Å². The van der Waals surface area contributed by atoms with E-state index in [1.807, 2.05) is 0 Å². The molecule has 1 fully saturated rings. The van der Waals surface area contributed by atoms with E-state index >= 15 is 0 Å². The standard InChI is InChI=1S/C12H14ClN3O3/c13-9-6-8(16(18)19)2-3-10(9)15-11(17)12(7-14)4-1-5-12/h2-3,6H,1,4-5,7,14H2,(H,15,17). The van der Waals surface area contributed by atoms with Crippen LogP contribution in [-0.2, 0) is 4.79 Å². The summed E-state index contributed by atoms with van der Waals surface area (Å²) >= 11 is 5.92. The van der Waals surface area contributed by atoms with E-state index in [0.717, 1.165) is 19.3 Å². The summed E-state index contributed by atoms with van der Waals surface area (Å²) in [6.45, 7) is 0.295. The van der Waals surface area contributed by atoms with Gasteiger partial charge in [0.1, 0.15) is 0 Å². The molecule has 0 spiro atoms. The third-order valence-corrected chi connectivity index (χ3v) is 3.91. The van der Waals surface area contributed by atoms with E-state index in [2.05, 4.69) is 5.32 Å². The van der Waals surface area contributed by atoms with Crippen LogP contribution in [0.2, 0.25) is 5.02 Å². The highest BCUT2D eigenvalue weighted by Gasteiger charge is 2.42. The van der Waals surface area contributed by atoms with E-state index in [1.165, 1.54) is 18.2 Å². The average Bonchev–Trinajstić information content (AvgIpc) is 2.30. The zero-order valence-corrected chi connectivity index (χ0v) is 10.9. The van der Waals surface area contributed by atoms with Gasteiger partial charge in [0.2, 0.25) is 5.91 Å². The molecule has 1 aromatic carbocycles. The van der Waals surface area contributed by atoms with Crippen molar-refractivity contribution in [3.05, 3.63) is 33.3 Å². The summed E-state index contributed by atoms with van der Waals surface area (Å²) in [6.07, 6.45) is 2.51. The quantitative estimate of drug-likeness (QED) is 0.654. The Morgan fingerprint density at radius 2 is 2.21 bits per heavy atom. The Morgan fingerprint density at radius 1 is 1.53 bits per heavy atom. The van der Waals surface area contributed by atoms with Crippen LogP contribution < -0.4 is 11.1 Å². The molecular formula is C12H14ClN3O3. The molecule has 0 aromatic heterocycles. The van der Waals surface area contributed by atoms with Crippen molar-refractivity contribution < 1.29 is 9.72 Å². The Morgan fingerprint density at radius 3 is 2.63 bits per heavy atom. The lowest BCUT2D eigenvalue weighted by Gasteiger charge is -2.39. The van der Waals surface area contributed by atoms with Gasteiger partial charge in [-0.25, -0.2) is 0 Å². The number of nitrogens with zero attached hydrogens (tertiary/aromatic N) is 1. The zero-order chi connectivity index (χ0) is 14.0. The Balaban J connectivity index is 2.15. The highest BCUT2D eigenvalue weighted by atomic mass is 35.5. The van der Waals surface area contributed by atoms with Crippen LogP contribution in [0.15, 0.2) is 18.2 Å². The molecule has 0 unspecified atom stereocenters. The highest BCUT2D eigenvalue weighted by Crippen LogP contribution is 2.41. The van der Waals surface area contributed by atoms with Crippen LogP contribution >= 0.6 is 11.6 Å². The first-order chi connectivity index (χ1) is 8.98. The predicted molar refractivity (Wildman–Crippen MR) is 72.1 cm³/mol. The number of anilines is 1. The second-order valence-corrected chi connectivity index (χ2v) is 5.12. The Hall–Kier alpha value is -1.66. The van der Waals surface area contributed by atoms with Gasteiger partial charge in [-0.2, -0.15) is 0 Å². The minimum absolute atomic E-state index is 0.111. The van der Waals surface area contributed by atoms with Crippen molar-refractivity contribution in [1.29, 1.82) is 0 Å². The van der Waals surface area contributed by atoms with Crippen LogP contribution in [-0.4, -0.2) is 17.4 Å². The largest absolute Gasteiger partial charge is 0.329 e. The van der Waals surface area contributed by atoms with E-state index in [9.17, 15) is 14.9 Å². The number of nitro benzene ring substituents is 1. The number of halogens is 1. The molecule has 1 amide bonds. The fourth-order valence-corrected chi connectivity index (χ4v) is 2.32. The van der Waals surface area contributed by atoms with Gasteiger partial charge in [0.05, 0.1) is 21.0 Å². The highest BCUT2D eigenvalue weighted by molar-refractivity contribution is 6.34. The number of nitro groups is 1. The number of hydrogen-bond donors (Lipinski definition) is 2. The molecule has 0 saturated heterocycles. The number of amides is 1. The van der Waals surface area contributed by atoms with E-state index in [-0.39, 0.29) is 16.6 Å². The third-order valence-electron chi connectivity index (χ3n) is 3.59. The molecule has 19 heavy (non-hydrogen) atoms. The predicted octanol–water partition coefficient (Wildman–Crippen LogP) is 2.32. The number of rotatable bonds is 4. The average molecular weight is 284 g/mol. The minimum atomic E-state index is -0.537. The first-order valence-corrected chi connectivity index (χ1v) is 6.32. The van der Waals surface area contributed by atoms with Gasteiger partial charge >= 0.3 is 0 Å². The monoisotopic (exact) mass is 283 g/mol. The zero-order valence-electron chi connectivity index (χ0n) is 10.2. The van der Waals surface area contributed by atoms with E-state index < -0.39 is 10.3 Å². The Labute approximate surface area is 115 Å². The molecule has 0 heterocycles. The smallest absolute Gasteiger partial charge is 0.271 e. The van der Waals surface area contributed by atoms with Gasteiger partial charge in [0.25, 0.3) is 5.69 Å². The van der Waals surface area contributed by atoms with Crippen molar-refractivity contribution in [3.63, 3.8) is 0 Å². The molecule has 1 aliphatic carbocycles. The maximum atomic E-state index is 12.1. The lowest BCUT2D eigenvalue weighted by atomic mass is 9.68. The third kappa shape index (κ3) is 2.54. The van der Waals surface area contributed by atoms with Crippen molar-refractivity contribution in [3.8, 4) is 0 Å². The fraction of sp³-hybridized carbons (Fsp3) is 0.417. The number of hydrogen-bond acceptors (Lipinski definition) is 4. The molecule has 0 radical (unpaired) electrons. The van der Waals surface area contributed by atoms with E-state index in [4.69, 9.17) is 17.3 Å². The summed E-state index contributed by atoms with van der Waals surface area (Å²) in [5, 5.41) is 13.4. The summed E-state index contributed by atoms with van der Waals surface area (Å²) < 4.78 is 0. The molecule has 1 aromatic rings. The second-order valence-electron chi connectivity index (χ2n) is 4.71. The van der Waals surface area contributed by atoms with E-state index in [0.29, 0.717) is 12.2 Å². The van der Waals surface area contributed by atoms with Gasteiger partial charge in [0, 0.05) is 18.7 Å². The van der Waals surface area contributed by atoms with Gasteiger partial charge in [-0.15, -0.1) is 0 Å². The summed E-state index contributed by atoms with van der Waals surface area (Å²) in [4.78, 5) is 22.2. The summed E-state index contributed by atoms with van der Waals surface area (Å²) in [5.41, 5.74) is 5.39.